The van der Waals surface area contributed by atoms with Gasteiger partial charge in [0.15, 0.2) is 0 Å². The fourth-order valence-corrected chi connectivity index (χ4v) is 5.36. The number of imidazole rings is 1. The number of aromatic amines is 1. The molecule has 0 radical (unpaired) electrons. The number of piperidine rings is 1. The molecule has 1 saturated carbocycles. The summed E-state index contributed by atoms with van der Waals surface area (Å²) in [5.41, 5.74) is 2.64. The van der Waals surface area contributed by atoms with E-state index in [0.29, 0.717) is 12.1 Å². The van der Waals surface area contributed by atoms with Gasteiger partial charge in [-0.1, -0.05) is 30.3 Å². The fourth-order valence-electron chi connectivity index (χ4n) is 5.36. The lowest BCUT2D eigenvalue weighted by molar-refractivity contribution is 0.00578. The molecule has 6 rings (SSSR count). The lowest BCUT2D eigenvalue weighted by Gasteiger charge is -2.32. The second-order valence-electron chi connectivity index (χ2n) is 10.5. The van der Waals surface area contributed by atoms with Crippen LogP contribution in [-0.2, 0) is 9.31 Å². The van der Waals surface area contributed by atoms with Crippen LogP contribution in [0.2, 0.25) is 0 Å². The van der Waals surface area contributed by atoms with Gasteiger partial charge in [0.1, 0.15) is 5.82 Å². The number of hydrogen-bond donors (Lipinski definition) is 2. The molecule has 0 spiro atoms. The van der Waals surface area contributed by atoms with Crippen molar-refractivity contribution in [3.8, 4) is 11.3 Å². The molecule has 1 aromatic heterocycles. The molecule has 160 valence electrons. The smallest absolute Gasteiger partial charge is 0.399 e. The van der Waals surface area contributed by atoms with Crippen molar-refractivity contribution in [3.05, 3.63) is 48.4 Å². The first-order chi connectivity index (χ1) is 14.8. The molecule has 3 unspecified atom stereocenters. The van der Waals surface area contributed by atoms with Gasteiger partial charge in [-0.25, -0.2) is 4.98 Å². The number of hydrogen-bond acceptors (Lipinski definition) is 4. The minimum absolute atomic E-state index is 0.331. The van der Waals surface area contributed by atoms with Crippen LogP contribution in [0.4, 0.5) is 0 Å². The van der Waals surface area contributed by atoms with Crippen molar-refractivity contribution in [2.45, 2.75) is 70.2 Å². The Balaban J connectivity index is 1.26. The maximum absolute atomic E-state index is 6.22. The summed E-state index contributed by atoms with van der Waals surface area (Å²) in [4.78, 5) is 8.30. The van der Waals surface area contributed by atoms with Crippen molar-refractivity contribution < 1.29 is 9.31 Å². The number of nitrogens with zero attached hydrogens (tertiary/aromatic N) is 1. The maximum Gasteiger partial charge on any atom is 0.494 e. The zero-order chi connectivity index (χ0) is 21.4. The van der Waals surface area contributed by atoms with Crippen molar-refractivity contribution >= 4 is 23.4 Å². The summed E-state index contributed by atoms with van der Waals surface area (Å²) in [5, 5.41) is 6.11. The topological polar surface area (TPSA) is 59.2 Å². The number of aromatic nitrogens is 2. The molecule has 2 saturated heterocycles. The van der Waals surface area contributed by atoms with E-state index in [1.807, 2.05) is 6.20 Å². The third kappa shape index (κ3) is 3.15. The summed E-state index contributed by atoms with van der Waals surface area (Å²) in [6, 6.07) is 14.1. The summed E-state index contributed by atoms with van der Waals surface area (Å²) in [6.07, 6.45) is 5.90. The summed E-state index contributed by atoms with van der Waals surface area (Å²) in [6.45, 7) is 8.35. The van der Waals surface area contributed by atoms with Gasteiger partial charge >= 0.3 is 7.12 Å². The van der Waals surface area contributed by atoms with Crippen molar-refractivity contribution in [2.75, 3.05) is 0 Å². The zero-order valence-electron chi connectivity index (χ0n) is 18.7. The molecule has 0 amide bonds. The Morgan fingerprint density at radius 1 is 0.968 bits per heavy atom. The Morgan fingerprint density at radius 2 is 1.71 bits per heavy atom. The first kappa shape index (κ1) is 19.5. The molecule has 31 heavy (non-hydrogen) atoms. The molecule has 2 aliphatic heterocycles. The lowest BCUT2D eigenvalue weighted by atomic mass is 9.78. The van der Waals surface area contributed by atoms with E-state index in [1.165, 1.54) is 30.0 Å². The Bertz CT molecular complexity index is 1140. The number of fused-ring (bicyclic) bond motifs is 3. The molecule has 2 aromatic carbocycles. The largest absolute Gasteiger partial charge is 0.494 e. The number of benzene rings is 2. The highest BCUT2D eigenvalue weighted by Gasteiger charge is 2.51. The average Bonchev–Trinajstić information content (AvgIpc) is 3.51. The van der Waals surface area contributed by atoms with E-state index in [1.54, 1.807) is 0 Å². The molecule has 6 heteroatoms. The van der Waals surface area contributed by atoms with Gasteiger partial charge < -0.3 is 19.6 Å². The van der Waals surface area contributed by atoms with Crippen LogP contribution in [-0.4, -0.2) is 34.3 Å². The Labute approximate surface area is 184 Å². The van der Waals surface area contributed by atoms with E-state index in [9.17, 15) is 0 Å². The first-order valence-electron chi connectivity index (χ1n) is 11.5. The molecule has 3 aliphatic rings. The SMILES string of the molecule is CC1(C)OB(c2ccc3cc(-c4cnc(C5NC6CCC5C6)[nH]4)ccc3c2)OC1(C)C. The number of nitrogens with one attached hydrogen (secondary N) is 2. The Morgan fingerprint density at radius 3 is 2.42 bits per heavy atom. The second-order valence-corrected chi connectivity index (χ2v) is 10.5. The van der Waals surface area contributed by atoms with Crippen LogP contribution < -0.4 is 10.8 Å². The number of rotatable bonds is 3. The highest BCUT2D eigenvalue weighted by atomic mass is 16.7. The van der Waals surface area contributed by atoms with Gasteiger partial charge in [0, 0.05) is 11.6 Å². The minimum Gasteiger partial charge on any atom is -0.399 e. The summed E-state index contributed by atoms with van der Waals surface area (Å²) < 4.78 is 12.4. The quantitative estimate of drug-likeness (QED) is 0.625. The maximum atomic E-state index is 6.22. The van der Waals surface area contributed by atoms with Gasteiger partial charge in [-0.2, -0.15) is 0 Å². The van der Waals surface area contributed by atoms with Gasteiger partial charge in [-0.05, 0) is 75.2 Å². The van der Waals surface area contributed by atoms with Gasteiger partial charge in [-0.15, -0.1) is 0 Å². The molecule has 5 nitrogen and oxygen atoms in total. The Kier molecular flexibility index (Phi) is 4.21. The zero-order valence-corrected chi connectivity index (χ0v) is 18.7. The van der Waals surface area contributed by atoms with Crippen molar-refractivity contribution in [1.29, 1.82) is 0 Å². The van der Waals surface area contributed by atoms with Crippen LogP contribution in [0, 0.1) is 5.92 Å². The third-order valence-electron chi connectivity index (χ3n) is 7.95. The highest BCUT2D eigenvalue weighted by Crippen LogP contribution is 2.42. The van der Waals surface area contributed by atoms with E-state index < -0.39 is 0 Å². The first-order valence-corrected chi connectivity index (χ1v) is 11.5. The molecular formula is C25H30BN3O2. The van der Waals surface area contributed by atoms with Crippen molar-refractivity contribution in [2.24, 2.45) is 5.92 Å². The predicted molar refractivity (Wildman–Crippen MR) is 124 cm³/mol. The molecule has 2 N–H and O–H groups in total. The monoisotopic (exact) mass is 415 g/mol. The van der Waals surface area contributed by atoms with Gasteiger partial charge in [0.05, 0.1) is 29.1 Å². The van der Waals surface area contributed by atoms with E-state index in [0.717, 1.165) is 28.5 Å². The number of H-pyrrole nitrogens is 1. The molecule has 3 fully saturated rings. The molecule has 1 aliphatic carbocycles. The van der Waals surface area contributed by atoms with E-state index in [-0.39, 0.29) is 18.3 Å². The molecular weight excluding hydrogens is 385 g/mol. The van der Waals surface area contributed by atoms with Crippen LogP contribution in [0.5, 0.6) is 0 Å². The third-order valence-corrected chi connectivity index (χ3v) is 7.95. The van der Waals surface area contributed by atoms with Gasteiger partial charge in [-0.3, -0.25) is 0 Å². The standard InChI is InChI=1S/C25H30BN3O2/c1-24(2)25(3,4)31-26(30-24)19-9-7-15-11-17(6-5-16(15)12-19)21-14-27-23(29-21)22-18-8-10-20(13-18)28-22/h5-7,9,11-12,14,18,20,22,28H,8,10,13H2,1-4H3,(H,27,29). The predicted octanol–water partition coefficient (Wildman–Crippen LogP) is 4.34. The van der Waals surface area contributed by atoms with Crippen molar-refractivity contribution in [1.82, 2.24) is 15.3 Å². The Hall–Kier alpha value is -2.15. The van der Waals surface area contributed by atoms with Crippen LogP contribution in [0.1, 0.15) is 58.8 Å². The normalized spacial score (nSPS) is 28.6. The average molecular weight is 415 g/mol. The summed E-state index contributed by atoms with van der Waals surface area (Å²) in [7, 11) is -0.335. The van der Waals surface area contributed by atoms with Crippen LogP contribution in [0.25, 0.3) is 22.0 Å². The minimum atomic E-state index is -0.335. The summed E-state index contributed by atoms with van der Waals surface area (Å²) >= 11 is 0. The van der Waals surface area contributed by atoms with Crippen LogP contribution in [0.3, 0.4) is 0 Å². The lowest BCUT2D eigenvalue weighted by Crippen LogP contribution is -2.41. The van der Waals surface area contributed by atoms with Crippen LogP contribution in [0.15, 0.2) is 42.6 Å². The second kappa shape index (κ2) is 6.68. The molecule has 2 bridgehead atoms. The molecule has 3 aromatic rings. The highest BCUT2D eigenvalue weighted by molar-refractivity contribution is 6.62. The van der Waals surface area contributed by atoms with E-state index >= 15 is 0 Å². The molecule has 3 atom stereocenters. The van der Waals surface area contributed by atoms with E-state index in [4.69, 9.17) is 14.3 Å². The summed E-state index contributed by atoms with van der Waals surface area (Å²) in [5.74, 6) is 1.81. The van der Waals surface area contributed by atoms with E-state index in [2.05, 4.69) is 74.4 Å². The van der Waals surface area contributed by atoms with Crippen molar-refractivity contribution in [3.63, 3.8) is 0 Å². The van der Waals surface area contributed by atoms with Gasteiger partial charge in [0.25, 0.3) is 0 Å². The fraction of sp³-hybridized carbons (Fsp3) is 0.480. The molecule has 3 heterocycles. The van der Waals surface area contributed by atoms with Gasteiger partial charge in [0.2, 0.25) is 0 Å². The van der Waals surface area contributed by atoms with Crippen LogP contribution >= 0.6 is 0 Å².